The lowest BCUT2D eigenvalue weighted by Crippen LogP contribution is -2.14. The standard InChI is InChI=1S/C25H19N3O2S/c29-23(17-6-2-1-3-7-17)18-8-4-10-20(14-18)27-24(30)21-11-13-28-22(21)16-31-25(28)19-9-5-12-26-15-19/h1-15,25H,16H2,(H,27,30)/t25-/m0/s1. The number of ketones is 1. The number of anilines is 1. The highest BCUT2D eigenvalue weighted by Gasteiger charge is 2.28. The van der Waals surface area contributed by atoms with Crippen LogP contribution >= 0.6 is 11.8 Å². The van der Waals surface area contributed by atoms with Gasteiger partial charge in [-0.1, -0.05) is 48.5 Å². The molecule has 2 aromatic carbocycles. The van der Waals surface area contributed by atoms with Crippen LogP contribution in [0.25, 0.3) is 0 Å². The Morgan fingerprint density at radius 2 is 1.81 bits per heavy atom. The van der Waals surface area contributed by atoms with Crippen molar-refractivity contribution in [2.24, 2.45) is 0 Å². The van der Waals surface area contributed by atoms with Gasteiger partial charge in [0.15, 0.2) is 5.78 Å². The first-order valence-electron chi connectivity index (χ1n) is 9.93. The summed E-state index contributed by atoms with van der Waals surface area (Å²) in [5.74, 6) is 0.504. The van der Waals surface area contributed by atoms with Gasteiger partial charge in [0.1, 0.15) is 5.37 Å². The van der Waals surface area contributed by atoms with Gasteiger partial charge in [0, 0.05) is 52.4 Å². The fourth-order valence-electron chi connectivity index (χ4n) is 3.77. The first kappa shape index (κ1) is 19.3. The Morgan fingerprint density at radius 1 is 0.968 bits per heavy atom. The number of nitrogens with one attached hydrogen (secondary N) is 1. The van der Waals surface area contributed by atoms with Crippen molar-refractivity contribution in [1.82, 2.24) is 9.55 Å². The van der Waals surface area contributed by atoms with Crippen LogP contribution in [-0.4, -0.2) is 21.2 Å². The van der Waals surface area contributed by atoms with E-state index in [0.29, 0.717) is 22.4 Å². The minimum absolute atomic E-state index is 0.0721. The van der Waals surface area contributed by atoms with Crippen molar-refractivity contribution >= 4 is 29.1 Å². The second kappa shape index (κ2) is 8.24. The van der Waals surface area contributed by atoms with Gasteiger partial charge in [0.05, 0.1) is 5.56 Å². The molecule has 0 aliphatic carbocycles. The summed E-state index contributed by atoms with van der Waals surface area (Å²) in [5.41, 5.74) is 4.52. The molecule has 0 saturated heterocycles. The largest absolute Gasteiger partial charge is 0.333 e. The van der Waals surface area contributed by atoms with Crippen LogP contribution in [0, 0.1) is 0 Å². The van der Waals surface area contributed by atoms with E-state index >= 15 is 0 Å². The van der Waals surface area contributed by atoms with Gasteiger partial charge in [0.2, 0.25) is 0 Å². The van der Waals surface area contributed by atoms with Crippen molar-refractivity contribution in [3.8, 4) is 0 Å². The van der Waals surface area contributed by atoms with Crippen molar-refractivity contribution in [2.45, 2.75) is 11.1 Å². The van der Waals surface area contributed by atoms with Crippen LogP contribution in [0.5, 0.6) is 0 Å². The minimum atomic E-state index is -0.175. The minimum Gasteiger partial charge on any atom is -0.333 e. The van der Waals surface area contributed by atoms with E-state index in [2.05, 4.69) is 20.9 Å². The fourth-order valence-corrected chi connectivity index (χ4v) is 5.08. The van der Waals surface area contributed by atoms with E-state index < -0.39 is 0 Å². The average molecular weight is 426 g/mol. The maximum absolute atomic E-state index is 13.0. The third-order valence-corrected chi connectivity index (χ3v) is 6.54. The molecule has 1 amide bonds. The molecule has 1 aliphatic heterocycles. The lowest BCUT2D eigenvalue weighted by Gasteiger charge is -2.12. The number of aromatic nitrogens is 2. The van der Waals surface area contributed by atoms with Gasteiger partial charge in [-0.2, -0.15) is 0 Å². The molecule has 152 valence electrons. The quantitative estimate of drug-likeness (QED) is 0.449. The highest BCUT2D eigenvalue weighted by atomic mass is 32.2. The molecule has 0 radical (unpaired) electrons. The summed E-state index contributed by atoms with van der Waals surface area (Å²) in [6.07, 6.45) is 5.58. The first-order valence-corrected chi connectivity index (χ1v) is 11.0. The summed E-state index contributed by atoms with van der Waals surface area (Å²) < 4.78 is 2.13. The maximum atomic E-state index is 13.0. The molecular formula is C25H19N3O2S. The van der Waals surface area contributed by atoms with E-state index in [1.807, 2.05) is 42.7 Å². The maximum Gasteiger partial charge on any atom is 0.257 e. The van der Waals surface area contributed by atoms with Gasteiger partial charge in [-0.3, -0.25) is 14.6 Å². The molecule has 0 fully saturated rings. The Balaban J connectivity index is 1.36. The van der Waals surface area contributed by atoms with Crippen LogP contribution in [0.15, 0.2) is 91.4 Å². The van der Waals surface area contributed by atoms with Crippen LogP contribution in [-0.2, 0) is 5.75 Å². The highest BCUT2D eigenvalue weighted by Crippen LogP contribution is 2.41. The van der Waals surface area contributed by atoms with Crippen LogP contribution in [0.1, 0.15) is 42.9 Å². The van der Waals surface area contributed by atoms with Crippen molar-refractivity contribution < 1.29 is 9.59 Å². The van der Waals surface area contributed by atoms with Gasteiger partial charge < -0.3 is 9.88 Å². The van der Waals surface area contributed by atoms with Crippen molar-refractivity contribution in [3.63, 3.8) is 0 Å². The number of hydrogen-bond acceptors (Lipinski definition) is 4. The lowest BCUT2D eigenvalue weighted by atomic mass is 10.0. The Bertz CT molecular complexity index is 1250. The van der Waals surface area contributed by atoms with Crippen LogP contribution < -0.4 is 5.32 Å². The number of carbonyl (C=O) groups is 2. The van der Waals surface area contributed by atoms with Crippen LogP contribution in [0.3, 0.4) is 0 Å². The summed E-state index contributed by atoms with van der Waals surface area (Å²) in [6, 6.07) is 22.0. The third-order valence-electron chi connectivity index (χ3n) is 5.29. The van der Waals surface area contributed by atoms with E-state index in [9.17, 15) is 9.59 Å². The van der Waals surface area contributed by atoms with E-state index in [1.54, 1.807) is 54.4 Å². The molecule has 3 heterocycles. The van der Waals surface area contributed by atoms with Gasteiger partial charge in [-0.25, -0.2) is 0 Å². The number of nitrogens with zero attached hydrogens (tertiary/aromatic N) is 2. The molecule has 31 heavy (non-hydrogen) atoms. The Hall–Kier alpha value is -3.64. The molecule has 1 atom stereocenters. The Kier molecular flexibility index (Phi) is 5.14. The van der Waals surface area contributed by atoms with Crippen LogP contribution in [0.4, 0.5) is 5.69 Å². The number of fused-ring (bicyclic) bond motifs is 1. The van der Waals surface area contributed by atoms with Gasteiger partial charge in [0.25, 0.3) is 5.91 Å². The van der Waals surface area contributed by atoms with Crippen molar-refractivity contribution in [3.05, 3.63) is 119 Å². The first-order chi connectivity index (χ1) is 15.2. The molecule has 5 rings (SSSR count). The van der Waals surface area contributed by atoms with Gasteiger partial charge in [-0.05, 0) is 24.3 Å². The summed E-state index contributed by atoms with van der Waals surface area (Å²) in [5, 5.41) is 3.07. The second-order valence-corrected chi connectivity index (χ2v) is 8.33. The number of hydrogen-bond donors (Lipinski definition) is 1. The monoisotopic (exact) mass is 425 g/mol. The smallest absolute Gasteiger partial charge is 0.257 e. The number of pyridine rings is 1. The van der Waals surface area contributed by atoms with E-state index in [-0.39, 0.29) is 17.1 Å². The molecule has 2 aromatic heterocycles. The average Bonchev–Trinajstić information content (AvgIpc) is 3.42. The highest BCUT2D eigenvalue weighted by molar-refractivity contribution is 7.99. The van der Waals surface area contributed by atoms with E-state index in [1.165, 1.54) is 0 Å². The molecular weight excluding hydrogens is 406 g/mol. The molecule has 6 heteroatoms. The molecule has 4 aromatic rings. The number of benzene rings is 2. The zero-order chi connectivity index (χ0) is 21.2. The molecule has 5 nitrogen and oxygen atoms in total. The molecule has 1 N–H and O–H groups in total. The second-order valence-electron chi connectivity index (χ2n) is 7.26. The zero-order valence-corrected chi connectivity index (χ0v) is 17.4. The molecule has 0 bridgehead atoms. The summed E-state index contributed by atoms with van der Waals surface area (Å²) in [6.45, 7) is 0. The summed E-state index contributed by atoms with van der Waals surface area (Å²) in [4.78, 5) is 29.9. The number of carbonyl (C=O) groups excluding carboxylic acids is 2. The number of thioether (sulfide) groups is 1. The van der Waals surface area contributed by atoms with E-state index in [4.69, 9.17) is 0 Å². The van der Waals surface area contributed by atoms with Gasteiger partial charge in [-0.15, -0.1) is 11.8 Å². The van der Waals surface area contributed by atoms with Gasteiger partial charge >= 0.3 is 0 Å². The summed E-state index contributed by atoms with van der Waals surface area (Å²) >= 11 is 1.77. The number of rotatable bonds is 5. The predicted molar refractivity (Wildman–Crippen MR) is 122 cm³/mol. The van der Waals surface area contributed by atoms with Crippen molar-refractivity contribution in [1.29, 1.82) is 0 Å². The molecule has 1 aliphatic rings. The topological polar surface area (TPSA) is 64.0 Å². The fraction of sp³-hybridized carbons (Fsp3) is 0.0800. The number of amides is 1. The molecule has 0 spiro atoms. The van der Waals surface area contributed by atoms with Crippen LogP contribution in [0.2, 0.25) is 0 Å². The third kappa shape index (κ3) is 3.78. The van der Waals surface area contributed by atoms with E-state index in [0.717, 1.165) is 17.0 Å². The Morgan fingerprint density at radius 3 is 2.61 bits per heavy atom. The molecule has 0 saturated carbocycles. The summed E-state index contributed by atoms with van der Waals surface area (Å²) in [7, 11) is 0. The normalized spacial score (nSPS) is 14.8. The molecule has 0 unspecified atom stereocenters. The SMILES string of the molecule is O=C(c1ccccc1)c1cccc(NC(=O)c2ccn3c2CS[C@H]3c2cccnc2)c1. The lowest BCUT2D eigenvalue weighted by molar-refractivity contribution is 0.102. The predicted octanol–water partition coefficient (Wildman–Crippen LogP) is 5.16. The Labute approximate surface area is 184 Å². The zero-order valence-electron chi connectivity index (χ0n) is 16.6. The van der Waals surface area contributed by atoms with Crippen molar-refractivity contribution in [2.75, 3.05) is 5.32 Å².